The largest absolute Gasteiger partial charge is 0.426 e. The first-order valence-electron chi connectivity index (χ1n) is 13.9. The summed E-state index contributed by atoms with van der Waals surface area (Å²) in [6.45, 7) is 6.25. The predicted octanol–water partition coefficient (Wildman–Crippen LogP) is 4.61. The third-order valence-electron chi connectivity index (χ3n) is 9.25. The highest BCUT2D eigenvalue weighted by Crippen LogP contribution is 2.56. The van der Waals surface area contributed by atoms with E-state index in [0.717, 1.165) is 48.9 Å². The van der Waals surface area contributed by atoms with Crippen molar-refractivity contribution < 1.29 is 23.9 Å². The number of hydrogen-bond acceptors (Lipinski definition) is 5. The van der Waals surface area contributed by atoms with Crippen molar-refractivity contribution in [3.05, 3.63) is 53.1 Å². The van der Waals surface area contributed by atoms with Crippen LogP contribution in [0, 0.1) is 36.5 Å². The molecule has 2 saturated heterocycles. The van der Waals surface area contributed by atoms with Crippen LogP contribution in [-0.4, -0.2) is 30.2 Å². The van der Waals surface area contributed by atoms with E-state index in [9.17, 15) is 19.2 Å². The maximum Gasteiger partial charge on any atom is 0.316 e. The van der Waals surface area contributed by atoms with Crippen LogP contribution in [0.2, 0.25) is 0 Å². The summed E-state index contributed by atoms with van der Waals surface area (Å²) < 4.78 is 5.71. The first-order chi connectivity index (χ1) is 18.3. The van der Waals surface area contributed by atoms with Gasteiger partial charge in [0.1, 0.15) is 5.75 Å². The van der Waals surface area contributed by atoms with Gasteiger partial charge in [0.15, 0.2) is 0 Å². The molecule has 2 aliphatic heterocycles. The van der Waals surface area contributed by atoms with Crippen molar-refractivity contribution in [1.82, 2.24) is 0 Å². The zero-order chi connectivity index (χ0) is 26.7. The lowest BCUT2D eigenvalue weighted by molar-refractivity contribution is -0.139. The van der Waals surface area contributed by atoms with Crippen molar-refractivity contribution in [2.24, 2.45) is 29.6 Å². The summed E-state index contributed by atoms with van der Waals surface area (Å²) in [6, 6.07) is 11.1. The zero-order valence-electron chi connectivity index (χ0n) is 22.2. The molecule has 0 spiro atoms. The normalized spacial score (nSPS) is 28.0. The quantitative estimate of drug-likeness (QED) is 0.319. The summed E-state index contributed by atoms with van der Waals surface area (Å²) in [5.74, 6) is -0.569. The molecule has 2 aromatic carbocycles. The second-order valence-corrected chi connectivity index (χ2v) is 11.3. The van der Waals surface area contributed by atoms with Crippen LogP contribution in [0.1, 0.15) is 56.2 Å². The fourth-order valence-electron chi connectivity index (χ4n) is 7.43. The van der Waals surface area contributed by atoms with E-state index >= 15 is 0 Å². The zero-order valence-corrected chi connectivity index (χ0v) is 22.2. The number of para-hydroxylation sites is 1. The molecule has 7 nitrogen and oxygen atoms in total. The number of benzene rings is 2. The number of anilines is 2. The third-order valence-corrected chi connectivity index (χ3v) is 9.25. The molecule has 198 valence electrons. The van der Waals surface area contributed by atoms with Gasteiger partial charge in [-0.1, -0.05) is 32.0 Å². The van der Waals surface area contributed by atoms with Gasteiger partial charge in [0.25, 0.3) is 0 Å². The molecule has 0 unspecified atom stereocenters. The highest BCUT2D eigenvalue weighted by Gasteiger charge is 2.61. The van der Waals surface area contributed by atoms with Gasteiger partial charge in [-0.15, -0.1) is 0 Å². The van der Waals surface area contributed by atoms with Crippen molar-refractivity contribution >= 4 is 35.1 Å². The van der Waals surface area contributed by atoms with Crippen LogP contribution in [0.25, 0.3) is 0 Å². The van der Waals surface area contributed by atoms with Gasteiger partial charge < -0.3 is 9.64 Å². The first-order valence-corrected chi connectivity index (χ1v) is 13.9. The molecular formula is C31H34N2O5. The number of amides is 3. The van der Waals surface area contributed by atoms with Crippen molar-refractivity contribution in [3.63, 3.8) is 0 Å². The van der Waals surface area contributed by atoms with Gasteiger partial charge >= 0.3 is 5.97 Å². The summed E-state index contributed by atoms with van der Waals surface area (Å²) in [4.78, 5) is 55.6. The Morgan fingerprint density at radius 3 is 2.16 bits per heavy atom. The monoisotopic (exact) mass is 514 g/mol. The molecule has 7 heteroatoms. The minimum Gasteiger partial charge on any atom is -0.426 e. The smallest absolute Gasteiger partial charge is 0.316 e. The first kappa shape index (κ1) is 24.8. The minimum absolute atomic E-state index is 0.0698. The Balaban J connectivity index is 1.17. The van der Waals surface area contributed by atoms with Crippen LogP contribution in [0.5, 0.6) is 5.75 Å². The Morgan fingerprint density at radius 1 is 0.947 bits per heavy atom. The lowest BCUT2D eigenvalue weighted by Crippen LogP contribution is -2.33. The van der Waals surface area contributed by atoms with Gasteiger partial charge in [-0.25, -0.2) is 4.90 Å². The SMILES string of the molecule is CCc1cccc(CC)c1N1C[C@H](C(=O)Oc2ccc(N3C(=O)[C@@H]4[C@H]5CC[C@@H](C5)[C@H]4C3=O)c(C)c2)CC1=O. The van der Waals surface area contributed by atoms with Gasteiger partial charge in [0.05, 0.1) is 23.4 Å². The van der Waals surface area contributed by atoms with E-state index in [1.54, 1.807) is 23.1 Å². The maximum atomic E-state index is 13.2. The molecule has 2 bridgehead atoms. The Hall–Kier alpha value is -3.48. The van der Waals surface area contributed by atoms with Gasteiger partial charge in [0, 0.05) is 18.7 Å². The molecule has 2 aromatic rings. The summed E-state index contributed by atoms with van der Waals surface area (Å²) >= 11 is 0. The Morgan fingerprint density at radius 2 is 1.58 bits per heavy atom. The van der Waals surface area contributed by atoms with Gasteiger partial charge in [-0.3, -0.25) is 19.2 Å². The Kier molecular flexibility index (Phi) is 6.12. The fraction of sp³-hybridized carbons (Fsp3) is 0.484. The summed E-state index contributed by atoms with van der Waals surface area (Å²) in [6.07, 6.45) is 4.80. The molecular weight excluding hydrogens is 480 g/mol. The minimum atomic E-state index is -0.561. The molecule has 3 amide bonds. The number of imide groups is 1. The van der Waals surface area contributed by atoms with Crippen LogP contribution >= 0.6 is 0 Å². The number of carbonyl (C=O) groups is 4. The van der Waals surface area contributed by atoms with E-state index in [1.165, 1.54) is 4.90 Å². The molecule has 0 radical (unpaired) electrons. The van der Waals surface area contributed by atoms with Gasteiger partial charge in [-0.2, -0.15) is 0 Å². The van der Waals surface area contributed by atoms with Crippen molar-refractivity contribution in [1.29, 1.82) is 0 Å². The fourth-order valence-corrected chi connectivity index (χ4v) is 7.43. The van der Waals surface area contributed by atoms with Gasteiger partial charge in [0.2, 0.25) is 17.7 Å². The number of ether oxygens (including phenoxy) is 1. The van der Waals surface area contributed by atoms with E-state index < -0.39 is 11.9 Å². The van der Waals surface area contributed by atoms with E-state index in [0.29, 0.717) is 35.4 Å². The highest BCUT2D eigenvalue weighted by atomic mass is 16.5. The standard InChI is InChI=1S/C31H34N2O5/c1-4-18-7-6-8-19(5-2)28(18)32-16-22(15-25(32)34)31(37)38-23-11-12-24(17(3)13-23)33-29(35)26-20-9-10-21(14-20)27(26)30(33)36/h6-8,11-13,20-22,26-27H,4-5,9-10,14-16H2,1-3H3/t20-,21-,22+,26+,27+/m0/s1. The number of rotatable bonds is 6. The Bertz CT molecular complexity index is 1300. The Labute approximate surface area is 223 Å². The van der Waals surface area contributed by atoms with E-state index in [4.69, 9.17) is 4.74 Å². The average molecular weight is 515 g/mol. The molecule has 0 N–H and O–H groups in total. The van der Waals surface area contributed by atoms with Crippen LogP contribution < -0.4 is 14.5 Å². The number of nitrogens with zero attached hydrogens (tertiary/aromatic N) is 2. The topological polar surface area (TPSA) is 84.0 Å². The van der Waals surface area contributed by atoms with Crippen LogP contribution in [0.3, 0.4) is 0 Å². The second kappa shape index (κ2) is 9.37. The summed E-state index contributed by atoms with van der Waals surface area (Å²) in [5, 5.41) is 0. The highest BCUT2D eigenvalue weighted by molar-refractivity contribution is 6.23. The van der Waals surface area contributed by atoms with E-state index in [-0.39, 0.29) is 36.0 Å². The molecule has 2 heterocycles. The molecule has 4 fully saturated rings. The molecule has 4 aliphatic rings. The average Bonchev–Trinajstić information content (AvgIpc) is 3.68. The molecule has 6 rings (SSSR count). The number of hydrogen-bond donors (Lipinski definition) is 0. The number of aryl methyl sites for hydroxylation is 3. The van der Waals surface area contributed by atoms with E-state index in [2.05, 4.69) is 13.8 Å². The van der Waals surface area contributed by atoms with Gasteiger partial charge in [-0.05, 0) is 85.8 Å². The van der Waals surface area contributed by atoms with Crippen LogP contribution in [-0.2, 0) is 32.0 Å². The number of carbonyl (C=O) groups excluding carboxylic acids is 4. The van der Waals surface area contributed by atoms with Crippen molar-refractivity contribution in [2.45, 2.75) is 59.3 Å². The third kappa shape index (κ3) is 3.77. The maximum absolute atomic E-state index is 13.2. The number of esters is 1. The molecule has 2 saturated carbocycles. The van der Waals surface area contributed by atoms with Crippen molar-refractivity contribution in [2.75, 3.05) is 16.3 Å². The molecule has 38 heavy (non-hydrogen) atoms. The summed E-state index contributed by atoms with van der Waals surface area (Å²) in [5.41, 5.74) is 4.40. The van der Waals surface area contributed by atoms with Crippen LogP contribution in [0.4, 0.5) is 11.4 Å². The van der Waals surface area contributed by atoms with E-state index in [1.807, 2.05) is 25.1 Å². The number of fused-ring (bicyclic) bond motifs is 5. The predicted molar refractivity (Wildman–Crippen MR) is 143 cm³/mol. The van der Waals surface area contributed by atoms with Crippen LogP contribution in [0.15, 0.2) is 36.4 Å². The molecule has 5 atom stereocenters. The lowest BCUT2D eigenvalue weighted by atomic mass is 9.81. The molecule has 0 aromatic heterocycles. The van der Waals surface area contributed by atoms with Crippen molar-refractivity contribution in [3.8, 4) is 5.75 Å². The molecule has 2 aliphatic carbocycles. The lowest BCUT2D eigenvalue weighted by Gasteiger charge is -2.23. The summed E-state index contributed by atoms with van der Waals surface area (Å²) in [7, 11) is 0. The second-order valence-electron chi connectivity index (χ2n) is 11.3.